The van der Waals surface area contributed by atoms with Gasteiger partial charge >= 0.3 is 218 Å². The fourth-order valence-electron chi connectivity index (χ4n) is 6.37. The summed E-state index contributed by atoms with van der Waals surface area (Å²) in [5, 5.41) is 1.29. The summed E-state index contributed by atoms with van der Waals surface area (Å²) in [6.45, 7) is 6.74. The molecule has 0 aliphatic heterocycles. The van der Waals surface area contributed by atoms with Gasteiger partial charge in [-0.2, -0.15) is 0 Å². The molecule has 5 rings (SSSR count). The van der Waals surface area contributed by atoms with E-state index < -0.39 is 20.4 Å². The molecular weight excluding hydrogens is 571 g/mol. The first-order valence-electron chi connectivity index (χ1n) is 11.9. The molecule has 0 fully saturated rings. The van der Waals surface area contributed by atoms with E-state index in [2.05, 4.69) is 87.1 Å². The molecule has 0 bridgehead atoms. The van der Waals surface area contributed by atoms with Crippen molar-refractivity contribution in [3.8, 4) is 11.5 Å². The Bertz CT molecular complexity index is 1390. The maximum atomic E-state index is 8.39. The van der Waals surface area contributed by atoms with Crippen LogP contribution in [0.15, 0.2) is 77.9 Å². The summed E-state index contributed by atoms with van der Waals surface area (Å²) < 4.78 is 11.5. The average molecular weight is 601 g/mol. The standard InChI is InChI=1S/2C11H11O.C7H8Si.2ClH.Zr/c2*1-8-6-9-4-3-5-11(12-2)10(9)7-8;1-8-7-5-3-2-4-6-7;;;/h2*3-7H,1-2H3;2-6H,1H3;2*1H;/q;;;;;+2/p-2. The van der Waals surface area contributed by atoms with E-state index in [0.717, 1.165) is 22.6 Å². The van der Waals surface area contributed by atoms with Crippen LogP contribution in [-0.4, -0.2) is 19.7 Å². The number of ether oxygens (including phenoxy) is 2. The first-order valence-corrected chi connectivity index (χ1v) is 26.7. The fourth-order valence-corrected chi connectivity index (χ4v) is 44.8. The number of fused-ring (bicyclic) bond motifs is 2. The van der Waals surface area contributed by atoms with Gasteiger partial charge in [-0.3, -0.25) is 0 Å². The first kappa shape index (κ1) is 25.1. The molecule has 2 aliphatic carbocycles. The van der Waals surface area contributed by atoms with Crippen LogP contribution in [0.3, 0.4) is 0 Å². The summed E-state index contributed by atoms with van der Waals surface area (Å²) in [5.41, 5.74) is 5.76. The third kappa shape index (κ3) is 3.67. The second kappa shape index (κ2) is 9.06. The monoisotopic (exact) mass is 598 g/mol. The van der Waals surface area contributed by atoms with Crippen LogP contribution in [0.2, 0.25) is 6.55 Å². The van der Waals surface area contributed by atoms with Gasteiger partial charge in [0.25, 0.3) is 0 Å². The third-order valence-electron chi connectivity index (χ3n) is 7.90. The topological polar surface area (TPSA) is 18.5 Å². The Hall–Kier alpha value is -1.58. The number of hydrogen-bond donors (Lipinski definition) is 0. The molecule has 0 saturated heterocycles. The zero-order valence-corrected chi connectivity index (χ0v) is 25.7. The van der Waals surface area contributed by atoms with Gasteiger partial charge in [-0.25, -0.2) is 0 Å². The quantitative estimate of drug-likeness (QED) is 0.278. The minimum atomic E-state index is -4.91. The van der Waals surface area contributed by atoms with Gasteiger partial charge < -0.3 is 0 Å². The van der Waals surface area contributed by atoms with Crippen LogP contribution in [0.1, 0.15) is 43.4 Å². The van der Waals surface area contributed by atoms with Crippen molar-refractivity contribution in [2.24, 2.45) is 0 Å². The van der Waals surface area contributed by atoms with Crippen LogP contribution in [0, 0.1) is 0 Å². The maximum absolute atomic E-state index is 8.39. The summed E-state index contributed by atoms with van der Waals surface area (Å²) in [7, 11) is 20.2. The third-order valence-corrected chi connectivity index (χ3v) is 50.8. The fraction of sp³-hybridized carbons (Fsp3) is 0.241. The molecule has 35 heavy (non-hydrogen) atoms. The number of hydrogen-bond acceptors (Lipinski definition) is 2. The van der Waals surface area contributed by atoms with E-state index in [-0.39, 0.29) is 7.25 Å². The molecule has 2 unspecified atom stereocenters. The molecule has 2 aliphatic rings. The van der Waals surface area contributed by atoms with E-state index in [1.54, 1.807) is 14.2 Å². The van der Waals surface area contributed by atoms with Crippen molar-refractivity contribution in [2.45, 2.75) is 27.6 Å². The number of methoxy groups -OCH3 is 2. The molecular formula is C29H30Cl2O2SiZr. The van der Waals surface area contributed by atoms with Crippen molar-refractivity contribution in [1.82, 2.24) is 0 Å². The number of halogens is 2. The molecule has 3 aromatic rings. The van der Waals surface area contributed by atoms with E-state index in [1.165, 1.54) is 27.5 Å². The molecule has 2 nitrogen and oxygen atoms in total. The van der Waals surface area contributed by atoms with Gasteiger partial charge in [-0.1, -0.05) is 0 Å². The molecule has 3 aromatic carbocycles. The van der Waals surface area contributed by atoms with Crippen LogP contribution in [0.4, 0.5) is 0 Å². The van der Waals surface area contributed by atoms with Crippen molar-refractivity contribution < 1.29 is 24.5 Å². The number of benzene rings is 3. The Kier molecular flexibility index (Phi) is 6.50. The Morgan fingerprint density at radius 3 is 1.57 bits per heavy atom. The average Bonchev–Trinajstić information content (AvgIpc) is 3.40. The molecule has 2 atom stereocenters. The van der Waals surface area contributed by atoms with E-state index in [1.807, 2.05) is 12.1 Å². The zero-order chi connectivity index (χ0) is 25.0. The Labute approximate surface area is 216 Å². The van der Waals surface area contributed by atoms with Gasteiger partial charge in [0.1, 0.15) is 0 Å². The van der Waals surface area contributed by atoms with Gasteiger partial charge in [0.15, 0.2) is 0 Å². The van der Waals surface area contributed by atoms with Crippen LogP contribution in [0.5, 0.6) is 11.5 Å². The van der Waals surface area contributed by atoms with Crippen molar-refractivity contribution in [2.75, 3.05) is 14.2 Å². The normalized spacial score (nSPS) is 19.0. The van der Waals surface area contributed by atoms with Crippen LogP contribution in [0.25, 0.3) is 12.2 Å². The summed E-state index contributed by atoms with van der Waals surface area (Å²) in [6, 6.07) is 23.3. The molecule has 6 heteroatoms. The molecule has 0 N–H and O–H groups in total. The zero-order valence-electron chi connectivity index (χ0n) is 20.7. The molecule has 0 heterocycles. The van der Waals surface area contributed by atoms with Crippen molar-refractivity contribution >= 4 is 39.8 Å². The second-order valence-corrected chi connectivity index (χ2v) is 46.5. The molecule has 180 valence electrons. The van der Waals surface area contributed by atoms with E-state index >= 15 is 0 Å². The SMILES string of the molecule is COc1cccc2c1C=C(C)[CH]2[Zr]([Cl])([Cl])([CH]1C(C)=Cc2c(OC)cccc21)=[Si](C)c1ccccc1. The van der Waals surface area contributed by atoms with Crippen molar-refractivity contribution in [3.05, 3.63) is 100 Å². The summed E-state index contributed by atoms with van der Waals surface area (Å²) in [5.74, 6) is 1.75. The predicted molar refractivity (Wildman–Crippen MR) is 148 cm³/mol. The van der Waals surface area contributed by atoms with Gasteiger partial charge in [-0.15, -0.1) is 0 Å². The second-order valence-electron chi connectivity index (χ2n) is 9.71. The Balaban J connectivity index is 1.91. The molecule has 0 radical (unpaired) electrons. The summed E-state index contributed by atoms with van der Waals surface area (Å²) in [6.07, 6.45) is 4.50. The van der Waals surface area contributed by atoms with E-state index in [4.69, 9.17) is 26.5 Å². The van der Waals surface area contributed by atoms with Gasteiger partial charge in [0.05, 0.1) is 0 Å². The van der Waals surface area contributed by atoms with Crippen molar-refractivity contribution in [3.63, 3.8) is 0 Å². The summed E-state index contributed by atoms with van der Waals surface area (Å²) in [4.78, 5) is 0. The predicted octanol–water partition coefficient (Wildman–Crippen LogP) is 7.85. The Morgan fingerprint density at radius 1 is 0.686 bits per heavy atom. The molecule has 0 spiro atoms. The summed E-state index contributed by atoms with van der Waals surface area (Å²) >= 11 is -4.91. The number of allylic oxidation sites excluding steroid dienone is 2. The van der Waals surface area contributed by atoms with Gasteiger partial charge in [0, 0.05) is 0 Å². The first-order chi connectivity index (χ1) is 16.7. The van der Waals surface area contributed by atoms with Crippen molar-refractivity contribution in [1.29, 1.82) is 0 Å². The Morgan fingerprint density at radius 2 is 1.14 bits per heavy atom. The minimum absolute atomic E-state index is 0.00512. The van der Waals surface area contributed by atoms with Crippen LogP contribution >= 0.6 is 17.0 Å². The number of rotatable bonds is 5. The van der Waals surface area contributed by atoms with E-state index in [9.17, 15) is 0 Å². The molecule has 0 amide bonds. The van der Waals surface area contributed by atoms with E-state index in [0.29, 0.717) is 0 Å². The van der Waals surface area contributed by atoms with Gasteiger partial charge in [0.2, 0.25) is 0 Å². The van der Waals surface area contributed by atoms with Crippen LogP contribution < -0.4 is 14.7 Å². The molecule has 0 aromatic heterocycles. The van der Waals surface area contributed by atoms with Crippen LogP contribution in [-0.2, 0) is 15.0 Å². The van der Waals surface area contributed by atoms with Gasteiger partial charge in [-0.05, 0) is 0 Å². The molecule has 0 saturated carbocycles.